The number of carboxylic acid groups (broad SMARTS) is 1. The van der Waals surface area contributed by atoms with E-state index in [4.69, 9.17) is 28.5 Å². The minimum absolute atomic E-state index is 0.0192. The van der Waals surface area contributed by atoms with Gasteiger partial charge in [-0.1, -0.05) is 24.3 Å². The van der Waals surface area contributed by atoms with Crippen molar-refractivity contribution in [3.8, 4) is 34.3 Å². The maximum absolute atomic E-state index is 13.4. The fourth-order valence-corrected chi connectivity index (χ4v) is 4.99. The summed E-state index contributed by atoms with van der Waals surface area (Å²) in [5.74, 6) is 0.266. The van der Waals surface area contributed by atoms with Gasteiger partial charge in [-0.05, 0) is 48.5 Å². The molecule has 9 heteroatoms. The Morgan fingerprint density at radius 1 is 0.950 bits per heavy atom. The van der Waals surface area contributed by atoms with Crippen LogP contribution in [-0.4, -0.2) is 37.0 Å². The first kappa shape index (κ1) is 25.0. The van der Waals surface area contributed by atoms with Crippen LogP contribution in [0.5, 0.6) is 23.0 Å². The van der Waals surface area contributed by atoms with Crippen LogP contribution >= 0.6 is 0 Å². The molecule has 0 bridgehead atoms. The summed E-state index contributed by atoms with van der Waals surface area (Å²) in [7, 11) is 3.04. The topological polar surface area (TPSA) is 122 Å². The van der Waals surface area contributed by atoms with Gasteiger partial charge in [0.15, 0.2) is 17.3 Å². The number of hydrogen-bond acceptors (Lipinski definition) is 8. The van der Waals surface area contributed by atoms with Crippen LogP contribution in [0.1, 0.15) is 49.9 Å². The highest BCUT2D eigenvalue weighted by Gasteiger charge is 2.39. The summed E-state index contributed by atoms with van der Waals surface area (Å²) < 4.78 is 28.6. The Morgan fingerprint density at radius 2 is 1.75 bits per heavy atom. The number of rotatable bonds is 6. The van der Waals surface area contributed by atoms with Crippen molar-refractivity contribution in [2.24, 2.45) is 0 Å². The van der Waals surface area contributed by atoms with Gasteiger partial charge in [0.2, 0.25) is 5.78 Å². The second-order valence-electron chi connectivity index (χ2n) is 9.19. The normalized spacial score (nSPS) is 16.6. The first-order chi connectivity index (χ1) is 19.4. The predicted molar refractivity (Wildman–Crippen MR) is 142 cm³/mol. The highest BCUT2D eigenvalue weighted by molar-refractivity contribution is 6.15. The van der Waals surface area contributed by atoms with Crippen molar-refractivity contribution in [1.29, 1.82) is 0 Å². The molecule has 1 atom stereocenters. The average Bonchev–Trinajstić information content (AvgIpc) is 3.57. The molecule has 1 N–H and O–H groups in total. The number of fused-ring (bicyclic) bond motifs is 3. The third-order valence-electron chi connectivity index (χ3n) is 6.89. The van der Waals surface area contributed by atoms with Gasteiger partial charge in [0.05, 0.1) is 37.7 Å². The molecule has 0 aliphatic carbocycles. The summed E-state index contributed by atoms with van der Waals surface area (Å²) in [5, 5.41) is 9.17. The maximum atomic E-state index is 13.4. The number of hydrogen-bond donors (Lipinski definition) is 1. The summed E-state index contributed by atoms with van der Waals surface area (Å²) in [6.07, 6.45) is 1.57. The van der Waals surface area contributed by atoms with E-state index in [2.05, 4.69) is 0 Å². The third kappa shape index (κ3) is 4.17. The zero-order valence-corrected chi connectivity index (χ0v) is 21.4. The molecular formula is C31H22O9. The van der Waals surface area contributed by atoms with Crippen LogP contribution in [0.2, 0.25) is 0 Å². The van der Waals surface area contributed by atoms with Crippen LogP contribution in [0.15, 0.2) is 76.9 Å². The number of methoxy groups -OCH3 is 2. The average molecular weight is 539 g/mol. The smallest absolute Gasteiger partial charge is 0.335 e. The van der Waals surface area contributed by atoms with Crippen LogP contribution in [0.25, 0.3) is 17.4 Å². The maximum Gasteiger partial charge on any atom is 0.335 e. The molecule has 4 aromatic rings. The number of furan rings is 1. The lowest BCUT2D eigenvalue weighted by molar-refractivity contribution is -0.135. The first-order valence-electron chi connectivity index (χ1n) is 12.3. The Bertz CT molecular complexity index is 1710. The van der Waals surface area contributed by atoms with Gasteiger partial charge in [-0.15, -0.1) is 0 Å². The van der Waals surface area contributed by atoms with Crippen molar-refractivity contribution in [3.05, 3.63) is 101 Å². The Hall–Kier alpha value is -5.31. The molecule has 9 nitrogen and oxygen atoms in total. The second kappa shape index (κ2) is 9.77. The third-order valence-corrected chi connectivity index (χ3v) is 6.89. The molecule has 0 saturated heterocycles. The molecule has 3 aromatic carbocycles. The van der Waals surface area contributed by atoms with Gasteiger partial charge in [0.1, 0.15) is 23.0 Å². The number of para-hydroxylation sites is 1. The zero-order chi connectivity index (χ0) is 28.0. The standard InChI is InChI=1S/C31H22O9/c1-36-24-5-3-4-18(29(24)37-2)14-25-28(33)19-10-11-23-27(30(19)40-25)20(15-26(32)39-23)22-13-12-21(38-22)16-6-8-17(9-7-16)31(34)35/h3-14,20H,15H2,1-2H3,(H,34,35)/b25-14-/t20-/m1/s1. The number of benzene rings is 3. The van der Waals surface area contributed by atoms with E-state index < -0.39 is 17.9 Å². The molecule has 0 saturated carbocycles. The highest BCUT2D eigenvalue weighted by atomic mass is 16.5. The highest BCUT2D eigenvalue weighted by Crippen LogP contribution is 2.49. The van der Waals surface area contributed by atoms with E-state index in [-0.39, 0.29) is 29.3 Å². The molecule has 40 heavy (non-hydrogen) atoms. The second-order valence-corrected chi connectivity index (χ2v) is 9.19. The van der Waals surface area contributed by atoms with E-state index in [0.29, 0.717) is 51.0 Å². The Morgan fingerprint density at radius 3 is 2.48 bits per heavy atom. The van der Waals surface area contributed by atoms with Gasteiger partial charge < -0.3 is 28.5 Å². The minimum Gasteiger partial charge on any atom is -0.493 e. The molecule has 0 amide bonds. The van der Waals surface area contributed by atoms with E-state index in [0.717, 1.165) is 0 Å². The first-order valence-corrected chi connectivity index (χ1v) is 12.3. The molecule has 0 spiro atoms. The van der Waals surface area contributed by atoms with Gasteiger partial charge in [-0.2, -0.15) is 0 Å². The van der Waals surface area contributed by atoms with Gasteiger partial charge in [0.25, 0.3) is 0 Å². The van der Waals surface area contributed by atoms with Gasteiger partial charge >= 0.3 is 11.9 Å². The van der Waals surface area contributed by atoms with E-state index in [1.165, 1.54) is 26.4 Å². The molecular weight excluding hydrogens is 516 g/mol. The fraction of sp³-hybridized carbons (Fsp3) is 0.129. The zero-order valence-electron chi connectivity index (χ0n) is 21.4. The number of carbonyl (C=O) groups is 3. The van der Waals surface area contributed by atoms with E-state index in [1.807, 2.05) is 0 Å². The Labute approximate surface area is 228 Å². The molecule has 2 aliphatic heterocycles. The van der Waals surface area contributed by atoms with Crippen molar-refractivity contribution in [3.63, 3.8) is 0 Å². The number of Topliss-reactive ketones (excluding diaryl/α,β-unsaturated/α-hetero) is 1. The Balaban J connectivity index is 1.39. The molecule has 200 valence electrons. The SMILES string of the molecule is COc1cccc(/C=C2\Oc3c(ccc4c3[C@@H](c3ccc(-c5ccc(C(=O)O)cc5)o3)CC(=O)O4)C2=O)c1OC. The van der Waals surface area contributed by atoms with Crippen LogP contribution < -0.4 is 18.9 Å². The molecule has 0 fully saturated rings. The summed E-state index contributed by atoms with van der Waals surface area (Å²) in [5.41, 5.74) is 2.31. The lowest BCUT2D eigenvalue weighted by Crippen LogP contribution is -2.21. The van der Waals surface area contributed by atoms with Gasteiger partial charge in [-0.3, -0.25) is 9.59 Å². The summed E-state index contributed by atoms with van der Waals surface area (Å²) in [6, 6.07) is 18.3. The van der Waals surface area contributed by atoms with Gasteiger partial charge in [0, 0.05) is 16.7 Å². The van der Waals surface area contributed by atoms with Crippen LogP contribution in [0.3, 0.4) is 0 Å². The number of ether oxygens (including phenoxy) is 4. The number of esters is 1. The molecule has 2 aliphatic rings. The van der Waals surface area contributed by atoms with Crippen molar-refractivity contribution >= 4 is 23.8 Å². The summed E-state index contributed by atoms with van der Waals surface area (Å²) in [6.45, 7) is 0. The summed E-state index contributed by atoms with van der Waals surface area (Å²) in [4.78, 5) is 37.1. The molecule has 3 heterocycles. The molecule has 6 rings (SSSR count). The Kier molecular flexibility index (Phi) is 6.11. The largest absolute Gasteiger partial charge is 0.493 e. The van der Waals surface area contributed by atoms with Crippen LogP contribution in [0.4, 0.5) is 0 Å². The molecule has 0 unspecified atom stereocenters. The lowest BCUT2D eigenvalue weighted by atomic mass is 9.88. The monoisotopic (exact) mass is 538 g/mol. The number of carbonyl (C=O) groups excluding carboxylic acids is 2. The summed E-state index contributed by atoms with van der Waals surface area (Å²) >= 11 is 0. The van der Waals surface area contributed by atoms with E-state index in [9.17, 15) is 14.4 Å². The van der Waals surface area contributed by atoms with Crippen molar-refractivity contribution in [2.45, 2.75) is 12.3 Å². The van der Waals surface area contributed by atoms with Crippen molar-refractivity contribution in [1.82, 2.24) is 0 Å². The van der Waals surface area contributed by atoms with Crippen LogP contribution in [-0.2, 0) is 4.79 Å². The quantitative estimate of drug-likeness (QED) is 0.187. The van der Waals surface area contributed by atoms with Crippen molar-refractivity contribution in [2.75, 3.05) is 14.2 Å². The van der Waals surface area contributed by atoms with E-state index >= 15 is 0 Å². The minimum atomic E-state index is -1.02. The number of ketones is 1. The molecule has 0 radical (unpaired) electrons. The van der Waals surface area contributed by atoms with Crippen molar-refractivity contribution < 1.29 is 42.9 Å². The van der Waals surface area contributed by atoms with E-state index in [1.54, 1.807) is 60.7 Å². The number of allylic oxidation sites excluding steroid dienone is 1. The fourth-order valence-electron chi connectivity index (χ4n) is 4.99. The number of carboxylic acids is 1. The lowest BCUT2D eigenvalue weighted by Gasteiger charge is -2.24. The molecule has 1 aromatic heterocycles. The van der Waals surface area contributed by atoms with Gasteiger partial charge in [-0.25, -0.2) is 4.79 Å². The number of aromatic carboxylic acids is 1. The van der Waals surface area contributed by atoms with Crippen LogP contribution in [0, 0.1) is 0 Å². The predicted octanol–water partition coefficient (Wildman–Crippen LogP) is 5.72.